The standard InChI is InChI=1S/C18H16BrClFNO2/c19-13-5-8-17(15(21)10-13)24-11-18(23)22-9-1-2-16(22)12-3-6-14(20)7-4-12/h3-8,10,16H,1-2,9,11H2. The maximum Gasteiger partial charge on any atom is 0.261 e. The highest BCUT2D eigenvalue weighted by atomic mass is 79.9. The molecular formula is C18H16BrClFNO2. The lowest BCUT2D eigenvalue weighted by Gasteiger charge is -2.25. The van der Waals surface area contributed by atoms with Crippen LogP contribution >= 0.6 is 27.5 Å². The molecule has 0 spiro atoms. The molecule has 1 unspecified atom stereocenters. The minimum Gasteiger partial charge on any atom is -0.481 e. The Kier molecular flexibility index (Phi) is 5.41. The van der Waals surface area contributed by atoms with Crippen LogP contribution in [0.15, 0.2) is 46.9 Å². The first kappa shape index (κ1) is 17.2. The minimum atomic E-state index is -0.493. The zero-order valence-electron chi connectivity index (χ0n) is 12.8. The number of hydrogen-bond acceptors (Lipinski definition) is 2. The van der Waals surface area contributed by atoms with Crippen molar-refractivity contribution >= 4 is 33.4 Å². The third-order valence-electron chi connectivity index (χ3n) is 4.07. The van der Waals surface area contributed by atoms with Crippen molar-refractivity contribution in [2.24, 2.45) is 0 Å². The van der Waals surface area contributed by atoms with E-state index in [4.69, 9.17) is 16.3 Å². The van der Waals surface area contributed by atoms with Gasteiger partial charge in [0, 0.05) is 16.0 Å². The molecular weight excluding hydrogens is 397 g/mol. The number of ether oxygens (including phenoxy) is 1. The van der Waals surface area contributed by atoms with Gasteiger partial charge in [-0.25, -0.2) is 4.39 Å². The zero-order chi connectivity index (χ0) is 17.1. The largest absolute Gasteiger partial charge is 0.481 e. The Labute approximate surface area is 153 Å². The van der Waals surface area contributed by atoms with Crippen LogP contribution in [0.3, 0.4) is 0 Å². The number of benzene rings is 2. The first-order valence-corrected chi connectivity index (χ1v) is 8.84. The van der Waals surface area contributed by atoms with E-state index in [9.17, 15) is 9.18 Å². The number of hydrogen-bond donors (Lipinski definition) is 0. The second kappa shape index (κ2) is 7.53. The van der Waals surface area contributed by atoms with E-state index in [0.717, 1.165) is 18.4 Å². The van der Waals surface area contributed by atoms with E-state index in [2.05, 4.69) is 15.9 Å². The lowest BCUT2D eigenvalue weighted by molar-refractivity contribution is -0.134. The third-order valence-corrected chi connectivity index (χ3v) is 4.82. The molecule has 24 heavy (non-hydrogen) atoms. The van der Waals surface area contributed by atoms with Crippen LogP contribution in [0.4, 0.5) is 4.39 Å². The molecule has 0 N–H and O–H groups in total. The van der Waals surface area contributed by atoms with Crippen molar-refractivity contribution < 1.29 is 13.9 Å². The summed E-state index contributed by atoms with van der Waals surface area (Å²) in [6.45, 7) is 0.501. The van der Waals surface area contributed by atoms with Gasteiger partial charge in [0.05, 0.1) is 6.04 Å². The summed E-state index contributed by atoms with van der Waals surface area (Å²) in [6, 6.07) is 12.0. The summed E-state index contributed by atoms with van der Waals surface area (Å²) >= 11 is 9.11. The molecule has 0 aliphatic carbocycles. The molecule has 1 aliphatic rings. The quantitative estimate of drug-likeness (QED) is 0.708. The van der Waals surface area contributed by atoms with E-state index in [0.29, 0.717) is 16.0 Å². The highest BCUT2D eigenvalue weighted by molar-refractivity contribution is 9.10. The minimum absolute atomic E-state index is 0.0214. The highest BCUT2D eigenvalue weighted by Crippen LogP contribution is 2.32. The second-order valence-corrected chi connectivity index (χ2v) is 7.01. The lowest BCUT2D eigenvalue weighted by atomic mass is 10.0. The molecule has 3 nitrogen and oxygen atoms in total. The van der Waals surface area contributed by atoms with Crippen LogP contribution in [0.2, 0.25) is 5.02 Å². The molecule has 2 aromatic carbocycles. The van der Waals surface area contributed by atoms with Crippen molar-refractivity contribution in [3.63, 3.8) is 0 Å². The van der Waals surface area contributed by atoms with E-state index < -0.39 is 5.82 Å². The summed E-state index contributed by atoms with van der Waals surface area (Å²) in [5.74, 6) is -0.559. The topological polar surface area (TPSA) is 29.5 Å². The van der Waals surface area contributed by atoms with E-state index in [1.165, 1.54) is 12.1 Å². The fourth-order valence-electron chi connectivity index (χ4n) is 2.91. The van der Waals surface area contributed by atoms with Crippen LogP contribution in [0.5, 0.6) is 5.75 Å². The van der Waals surface area contributed by atoms with Crippen molar-refractivity contribution in [1.29, 1.82) is 0 Å². The van der Waals surface area contributed by atoms with Gasteiger partial charge < -0.3 is 9.64 Å². The van der Waals surface area contributed by atoms with Crippen LogP contribution in [0.1, 0.15) is 24.4 Å². The molecule has 1 aliphatic heterocycles. The van der Waals surface area contributed by atoms with Gasteiger partial charge in [0.1, 0.15) is 0 Å². The van der Waals surface area contributed by atoms with Gasteiger partial charge >= 0.3 is 0 Å². The normalized spacial score (nSPS) is 17.1. The van der Waals surface area contributed by atoms with Gasteiger partial charge in [0.15, 0.2) is 18.2 Å². The third kappa shape index (κ3) is 3.90. The maximum atomic E-state index is 13.8. The number of carbonyl (C=O) groups excluding carboxylic acids is 1. The number of rotatable bonds is 4. The SMILES string of the molecule is O=C(COc1ccc(Br)cc1F)N1CCCC1c1ccc(Cl)cc1. The van der Waals surface area contributed by atoms with Crippen LogP contribution < -0.4 is 4.74 Å². The van der Waals surface area contributed by atoms with Gasteiger partial charge in [-0.2, -0.15) is 0 Å². The second-order valence-electron chi connectivity index (χ2n) is 5.66. The summed E-state index contributed by atoms with van der Waals surface area (Å²) < 4.78 is 19.8. The van der Waals surface area contributed by atoms with Crippen LogP contribution in [0.25, 0.3) is 0 Å². The summed E-state index contributed by atoms with van der Waals surface area (Å²) in [5.41, 5.74) is 1.06. The number of nitrogens with zero attached hydrogens (tertiary/aromatic N) is 1. The monoisotopic (exact) mass is 411 g/mol. The Morgan fingerprint density at radius 2 is 2.04 bits per heavy atom. The molecule has 1 amide bonds. The van der Waals surface area contributed by atoms with E-state index in [1.807, 2.05) is 24.3 Å². The van der Waals surface area contributed by atoms with Gasteiger partial charge in [0.25, 0.3) is 5.91 Å². The number of carbonyl (C=O) groups is 1. The average Bonchev–Trinajstić information content (AvgIpc) is 3.04. The van der Waals surface area contributed by atoms with Crippen molar-refractivity contribution in [3.05, 3.63) is 63.3 Å². The van der Waals surface area contributed by atoms with Gasteiger partial charge in [-0.15, -0.1) is 0 Å². The molecule has 126 valence electrons. The summed E-state index contributed by atoms with van der Waals surface area (Å²) in [7, 11) is 0. The maximum absolute atomic E-state index is 13.8. The van der Waals surface area contributed by atoms with Gasteiger partial charge in [0.2, 0.25) is 0 Å². The fourth-order valence-corrected chi connectivity index (χ4v) is 3.37. The van der Waals surface area contributed by atoms with Gasteiger partial charge in [-0.05, 0) is 48.7 Å². The zero-order valence-corrected chi connectivity index (χ0v) is 15.2. The average molecular weight is 413 g/mol. The summed E-state index contributed by atoms with van der Waals surface area (Å²) in [5, 5.41) is 0.670. The van der Waals surface area contributed by atoms with Crippen molar-refractivity contribution in [2.75, 3.05) is 13.2 Å². The molecule has 1 saturated heterocycles. The van der Waals surface area contributed by atoms with E-state index in [1.54, 1.807) is 11.0 Å². The molecule has 0 saturated carbocycles. The molecule has 0 aromatic heterocycles. The predicted molar refractivity (Wildman–Crippen MR) is 94.7 cm³/mol. The first-order valence-electron chi connectivity index (χ1n) is 7.67. The van der Waals surface area contributed by atoms with Crippen LogP contribution in [-0.2, 0) is 4.79 Å². The Balaban J connectivity index is 1.66. The molecule has 1 atom stereocenters. The van der Waals surface area contributed by atoms with Crippen molar-refractivity contribution in [1.82, 2.24) is 4.90 Å². The van der Waals surface area contributed by atoms with E-state index >= 15 is 0 Å². The number of amides is 1. The van der Waals surface area contributed by atoms with E-state index in [-0.39, 0.29) is 24.3 Å². The van der Waals surface area contributed by atoms with Crippen LogP contribution in [-0.4, -0.2) is 24.0 Å². The molecule has 0 bridgehead atoms. The Hall–Kier alpha value is -1.59. The molecule has 0 radical (unpaired) electrons. The first-order chi connectivity index (χ1) is 11.5. The summed E-state index contributed by atoms with van der Waals surface area (Å²) in [6.07, 6.45) is 1.84. The van der Waals surface area contributed by atoms with Crippen LogP contribution in [0, 0.1) is 5.82 Å². The smallest absolute Gasteiger partial charge is 0.261 e. The van der Waals surface area contributed by atoms with Gasteiger partial charge in [-0.3, -0.25) is 4.79 Å². The number of likely N-dealkylation sites (tertiary alicyclic amines) is 1. The highest BCUT2D eigenvalue weighted by Gasteiger charge is 2.30. The molecule has 3 rings (SSSR count). The van der Waals surface area contributed by atoms with Crippen molar-refractivity contribution in [2.45, 2.75) is 18.9 Å². The Bertz CT molecular complexity index is 738. The fraction of sp³-hybridized carbons (Fsp3) is 0.278. The Morgan fingerprint density at radius 1 is 1.29 bits per heavy atom. The molecule has 1 fully saturated rings. The summed E-state index contributed by atoms with van der Waals surface area (Å²) in [4.78, 5) is 14.3. The van der Waals surface area contributed by atoms with Gasteiger partial charge in [-0.1, -0.05) is 39.7 Å². The molecule has 1 heterocycles. The predicted octanol–water partition coefficient (Wildman–Crippen LogP) is 4.98. The molecule has 6 heteroatoms. The number of halogens is 3. The Morgan fingerprint density at radius 3 is 2.75 bits per heavy atom. The van der Waals surface area contributed by atoms with Crippen molar-refractivity contribution in [3.8, 4) is 5.75 Å². The lowest BCUT2D eigenvalue weighted by Crippen LogP contribution is -2.34. The molecule has 2 aromatic rings.